The van der Waals surface area contributed by atoms with E-state index in [0.717, 1.165) is 23.3 Å². The first-order valence-electron chi connectivity index (χ1n) is 7.61. The third-order valence-electron chi connectivity index (χ3n) is 3.58. The van der Waals surface area contributed by atoms with Crippen LogP contribution in [0.5, 0.6) is 11.5 Å². The second-order valence-corrected chi connectivity index (χ2v) is 6.46. The minimum absolute atomic E-state index is 0.0667. The van der Waals surface area contributed by atoms with Gasteiger partial charge in [0.1, 0.15) is 17.1 Å². The van der Waals surface area contributed by atoms with Crippen molar-refractivity contribution < 1.29 is 28.2 Å². The Balaban J connectivity index is 2.02. The van der Waals surface area contributed by atoms with Gasteiger partial charge in [0.05, 0.1) is 0 Å². The van der Waals surface area contributed by atoms with Gasteiger partial charge >= 0.3 is 5.97 Å². The van der Waals surface area contributed by atoms with Crippen molar-refractivity contribution in [1.82, 2.24) is 0 Å². The molecule has 0 aliphatic heterocycles. The molecule has 0 fully saturated rings. The molecule has 0 aromatic heterocycles. The van der Waals surface area contributed by atoms with Crippen LogP contribution < -0.4 is 4.74 Å². The van der Waals surface area contributed by atoms with E-state index in [1.807, 2.05) is 31.2 Å². The molecule has 0 aliphatic carbocycles. The number of ether oxygens (including phenoxy) is 1. The summed E-state index contributed by atoms with van der Waals surface area (Å²) in [6.45, 7) is 2.00. The van der Waals surface area contributed by atoms with E-state index >= 15 is 0 Å². The molecule has 0 atom stereocenters. The maximum Gasteiger partial charge on any atom is 0.339 e. The van der Waals surface area contributed by atoms with Crippen molar-refractivity contribution in [2.75, 3.05) is 0 Å². The standard InChI is InChI=1S/C18H18O6S/c1-12-5-7-13(8-6-12)3-2-4-17(25(22)23)24-14-9-10-15(18(20)21)16(19)11-14/h5-11,19H,2-4H2,1H3,(H,20,21). The van der Waals surface area contributed by atoms with Crippen LogP contribution in [-0.2, 0) is 16.7 Å². The van der Waals surface area contributed by atoms with Crippen LogP contribution in [0.3, 0.4) is 0 Å². The Kier molecular flexibility index (Phi) is 6.19. The molecular weight excluding hydrogens is 344 g/mol. The largest absolute Gasteiger partial charge is 0.507 e. The molecule has 25 heavy (non-hydrogen) atoms. The van der Waals surface area contributed by atoms with Gasteiger partial charge in [-0.1, -0.05) is 29.8 Å². The van der Waals surface area contributed by atoms with Gasteiger partial charge in [-0.15, -0.1) is 0 Å². The maximum absolute atomic E-state index is 11.3. The first-order chi connectivity index (χ1) is 11.9. The molecule has 7 heteroatoms. The topological polar surface area (TPSA) is 101 Å². The molecule has 2 rings (SSSR count). The molecule has 0 spiro atoms. The number of hydrogen-bond acceptors (Lipinski definition) is 5. The highest BCUT2D eigenvalue weighted by atomic mass is 32.2. The molecule has 0 heterocycles. The zero-order valence-corrected chi connectivity index (χ0v) is 14.4. The Morgan fingerprint density at radius 3 is 2.36 bits per heavy atom. The van der Waals surface area contributed by atoms with E-state index in [9.17, 15) is 18.3 Å². The second kappa shape index (κ2) is 8.34. The number of carboxylic acid groups (broad SMARTS) is 1. The lowest BCUT2D eigenvalue weighted by atomic mass is 10.1. The predicted molar refractivity (Wildman–Crippen MR) is 93.7 cm³/mol. The van der Waals surface area contributed by atoms with Gasteiger partial charge in [-0.25, -0.2) is 4.79 Å². The Bertz CT molecular complexity index is 890. The van der Waals surface area contributed by atoms with Crippen LogP contribution in [0.15, 0.2) is 42.5 Å². The van der Waals surface area contributed by atoms with Gasteiger partial charge in [-0.2, -0.15) is 8.42 Å². The highest BCUT2D eigenvalue weighted by molar-refractivity contribution is 7.72. The van der Waals surface area contributed by atoms with E-state index in [1.165, 1.54) is 6.07 Å². The van der Waals surface area contributed by atoms with Crippen LogP contribution >= 0.6 is 0 Å². The van der Waals surface area contributed by atoms with Crippen LogP contribution in [0, 0.1) is 6.92 Å². The van der Waals surface area contributed by atoms with Crippen LogP contribution in [-0.4, -0.2) is 29.7 Å². The minimum atomic E-state index is -2.54. The summed E-state index contributed by atoms with van der Waals surface area (Å²) < 4.78 is 28.0. The summed E-state index contributed by atoms with van der Waals surface area (Å²) in [5.41, 5.74) is 1.98. The second-order valence-electron chi connectivity index (χ2n) is 5.53. The highest BCUT2D eigenvalue weighted by Crippen LogP contribution is 2.24. The summed E-state index contributed by atoms with van der Waals surface area (Å²) in [4.78, 5) is 10.9. The predicted octanol–water partition coefficient (Wildman–Crippen LogP) is 2.81. The van der Waals surface area contributed by atoms with E-state index in [1.54, 1.807) is 0 Å². The average Bonchev–Trinajstić information content (AvgIpc) is 2.55. The molecule has 0 saturated heterocycles. The van der Waals surface area contributed by atoms with Gasteiger partial charge in [0.2, 0.25) is 5.05 Å². The minimum Gasteiger partial charge on any atom is -0.507 e. The van der Waals surface area contributed by atoms with Crippen molar-refractivity contribution in [2.45, 2.75) is 26.2 Å². The number of aromatic carboxylic acids is 1. The quantitative estimate of drug-likeness (QED) is 0.767. The Morgan fingerprint density at radius 2 is 1.80 bits per heavy atom. The molecule has 0 bridgehead atoms. The Hall–Kier alpha value is -2.80. The zero-order chi connectivity index (χ0) is 18.4. The number of carbonyl (C=O) groups is 1. The lowest BCUT2D eigenvalue weighted by molar-refractivity contribution is 0.0693. The highest BCUT2D eigenvalue weighted by Gasteiger charge is 2.12. The molecular formula is C18H18O6S. The van der Waals surface area contributed by atoms with E-state index in [2.05, 4.69) is 0 Å². The SMILES string of the molecule is Cc1ccc(CCCC(Oc2ccc(C(=O)O)c(O)c2)=S(=O)=O)cc1. The number of aromatic hydroxyl groups is 1. The third-order valence-corrected chi connectivity index (χ3v) is 4.24. The number of carboxylic acids is 1. The third kappa shape index (κ3) is 5.36. The van der Waals surface area contributed by atoms with E-state index < -0.39 is 22.0 Å². The van der Waals surface area contributed by atoms with Gasteiger partial charge in [-0.3, -0.25) is 0 Å². The van der Waals surface area contributed by atoms with E-state index in [4.69, 9.17) is 9.84 Å². The van der Waals surface area contributed by atoms with E-state index in [0.29, 0.717) is 12.8 Å². The summed E-state index contributed by atoms with van der Waals surface area (Å²) in [7, 11) is -2.54. The lowest BCUT2D eigenvalue weighted by Gasteiger charge is -2.08. The zero-order valence-electron chi connectivity index (χ0n) is 13.6. The van der Waals surface area contributed by atoms with Crippen LogP contribution in [0.2, 0.25) is 0 Å². The molecule has 132 valence electrons. The summed E-state index contributed by atoms with van der Waals surface area (Å²) in [6.07, 6.45) is 1.48. The van der Waals surface area contributed by atoms with Crippen molar-refractivity contribution in [3.63, 3.8) is 0 Å². The van der Waals surface area contributed by atoms with Gasteiger partial charge in [0, 0.05) is 12.5 Å². The molecule has 6 nitrogen and oxygen atoms in total. The van der Waals surface area contributed by atoms with Crippen molar-refractivity contribution in [1.29, 1.82) is 0 Å². The normalized spacial score (nSPS) is 10.3. The monoisotopic (exact) mass is 362 g/mol. The number of rotatable bonds is 6. The first kappa shape index (κ1) is 18.5. The van der Waals surface area contributed by atoms with Crippen molar-refractivity contribution >= 4 is 21.3 Å². The number of benzene rings is 2. The summed E-state index contributed by atoms with van der Waals surface area (Å²) in [5.74, 6) is -1.70. The Morgan fingerprint density at radius 1 is 1.12 bits per heavy atom. The number of aryl methyl sites for hydroxylation is 2. The number of phenols is 1. The van der Waals surface area contributed by atoms with Gasteiger partial charge in [-0.05, 0) is 37.5 Å². The molecule has 0 radical (unpaired) electrons. The maximum atomic E-state index is 11.3. The molecule has 2 aromatic carbocycles. The van der Waals surface area contributed by atoms with Gasteiger partial charge in [0.15, 0.2) is 0 Å². The molecule has 0 unspecified atom stereocenters. The van der Waals surface area contributed by atoms with Crippen molar-refractivity contribution in [2.24, 2.45) is 0 Å². The van der Waals surface area contributed by atoms with Crippen LogP contribution in [0.25, 0.3) is 0 Å². The van der Waals surface area contributed by atoms with Crippen molar-refractivity contribution in [3.8, 4) is 11.5 Å². The number of hydrogen-bond donors (Lipinski definition) is 2. The summed E-state index contributed by atoms with van der Waals surface area (Å²) in [5, 5.41) is 18.3. The van der Waals surface area contributed by atoms with Gasteiger partial charge < -0.3 is 14.9 Å². The van der Waals surface area contributed by atoms with Gasteiger partial charge in [0.25, 0.3) is 10.3 Å². The molecule has 0 aliphatic rings. The van der Waals surface area contributed by atoms with E-state index in [-0.39, 0.29) is 22.8 Å². The van der Waals surface area contributed by atoms with Crippen LogP contribution in [0.1, 0.15) is 34.3 Å². The fourth-order valence-electron chi connectivity index (χ4n) is 2.25. The summed E-state index contributed by atoms with van der Waals surface area (Å²) in [6, 6.07) is 11.5. The molecule has 0 amide bonds. The Labute approximate surface area is 146 Å². The summed E-state index contributed by atoms with van der Waals surface area (Å²) >= 11 is 0. The fourth-order valence-corrected chi connectivity index (χ4v) is 2.72. The first-order valence-corrected chi connectivity index (χ1v) is 8.69. The van der Waals surface area contributed by atoms with Crippen molar-refractivity contribution in [3.05, 3.63) is 59.2 Å². The molecule has 2 N–H and O–H groups in total. The molecule has 0 saturated carbocycles. The molecule has 2 aromatic rings. The van der Waals surface area contributed by atoms with Crippen LogP contribution in [0.4, 0.5) is 0 Å². The lowest BCUT2D eigenvalue weighted by Crippen LogP contribution is -2.10. The smallest absolute Gasteiger partial charge is 0.339 e. The average molecular weight is 362 g/mol. The fraction of sp³-hybridized carbons (Fsp3) is 0.222.